The van der Waals surface area contributed by atoms with Crippen LogP contribution < -0.4 is 5.32 Å². The molecule has 182 valence electrons. The molecule has 6 nitrogen and oxygen atoms in total. The molecule has 31 heavy (non-hydrogen) atoms. The molecule has 0 aromatic rings. The first kappa shape index (κ1) is 27.9. The molecule has 1 fully saturated rings. The SMILES string of the molecule is CCCCCCCCCCCCOC(=O)C(CC(=O)O)NCCCN1CCCCCC1. The molecule has 1 aliphatic heterocycles. The first-order valence-electron chi connectivity index (χ1n) is 13.0. The van der Waals surface area contributed by atoms with E-state index in [9.17, 15) is 9.59 Å². The summed E-state index contributed by atoms with van der Waals surface area (Å²) in [7, 11) is 0. The van der Waals surface area contributed by atoms with Crippen molar-refractivity contribution in [2.24, 2.45) is 0 Å². The molecular formula is C25H48N2O4. The highest BCUT2D eigenvalue weighted by atomic mass is 16.5. The number of likely N-dealkylation sites (tertiary alicyclic amines) is 1. The third-order valence-electron chi connectivity index (χ3n) is 6.15. The van der Waals surface area contributed by atoms with Gasteiger partial charge in [0, 0.05) is 0 Å². The van der Waals surface area contributed by atoms with Gasteiger partial charge in [-0.3, -0.25) is 9.59 Å². The number of esters is 1. The molecular weight excluding hydrogens is 392 g/mol. The number of rotatable bonds is 19. The van der Waals surface area contributed by atoms with E-state index in [1.54, 1.807) is 0 Å². The molecule has 1 aliphatic rings. The Morgan fingerprint density at radius 2 is 1.45 bits per heavy atom. The lowest BCUT2D eigenvalue weighted by Gasteiger charge is -2.21. The lowest BCUT2D eigenvalue weighted by Crippen LogP contribution is -2.41. The fourth-order valence-corrected chi connectivity index (χ4v) is 4.22. The molecule has 2 N–H and O–H groups in total. The van der Waals surface area contributed by atoms with Crippen molar-refractivity contribution < 1.29 is 19.4 Å². The first-order chi connectivity index (χ1) is 15.1. The van der Waals surface area contributed by atoms with Crippen molar-refractivity contribution >= 4 is 11.9 Å². The minimum atomic E-state index is -0.971. The van der Waals surface area contributed by atoms with Gasteiger partial charge in [0.05, 0.1) is 13.0 Å². The molecule has 0 saturated carbocycles. The number of aliphatic carboxylic acids is 1. The van der Waals surface area contributed by atoms with Crippen LogP contribution in [-0.4, -0.2) is 60.8 Å². The monoisotopic (exact) mass is 440 g/mol. The second-order valence-electron chi connectivity index (χ2n) is 9.06. The molecule has 0 spiro atoms. The van der Waals surface area contributed by atoms with Crippen LogP contribution in [0.15, 0.2) is 0 Å². The smallest absolute Gasteiger partial charge is 0.323 e. The van der Waals surface area contributed by atoms with Crippen molar-refractivity contribution in [3.63, 3.8) is 0 Å². The van der Waals surface area contributed by atoms with E-state index in [1.165, 1.54) is 77.0 Å². The summed E-state index contributed by atoms with van der Waals surface area (Å²) in [6.45, 7) is 6.58. The van der Waals surface area contributed by atoms with Crippen LogP contribution in [-0.2, 0) is 14.3 Å². The molecule has 0 radical (unpaired) electrons. The summed E-state index contributed by atoms with van der Waals surface area (Å²) in [6.07, 6.45) is 18.2. The lowest BCUT2D eigenvalue weighted by molar-refractivity contribution is -0.150. The van der Waals surface area contributed by atoms with Crippen molar-refractivity contribution in [3.05, 3.63) is 0 Å². The largest absolute Gasteiger partial charge is 0.481 e. The number of nitrogens with one attached hydrogen (secondary N) is 1. The van der Waals surface area contributed by atoms with Crippen LogP contribution in [0.4, 0.5) is 0 Å². The Bertz CT molecular complexity index is 451. The standard InChI is InChI=1S/C25H48N2O4/c1-2-3-4-5-6-7-8-9-12-15-21-31-25(30)23(22-24(28)29)26-17-16-20-27-18-13-10-11-14-19-27/h23,26H,2-22H2,1H3,(H,28,29). The van der Waals surface area contributed by atoms with Gasteiger partial charge in [-0.1, -0.05) is 77.6 Å². The number of hydrogen-bond donors (Lipinski definition) is 2. The maximum Gasteiger partial charge on any atom is 0.323 e. The first-order valence-corrected chi connectivity index (χ1v) is 13.0. The highest BCUT2D eigenvalue weighted by molar-refractivity contribution is 5.81. The lowest BCUT2D eigenvalue weighted by atomic mass is 10.1. The summed E-state index contributed by atoms with van der Waals surface area (Å²) in [6, 6.07) is -0.746. The molecule has 1 saturated heterocycles. The average molecular weight is 441 g/mol. The third-order valence-corrected chi connectivity index (χ3v) is 6.15. The van der Waals surface area contributed by atoms with E-state index < -0.39 is 18.0 Å². The van der Waals surface area contributed by atoms with Crippen molar-refractivity contribution in [2.45, 2.75) is 116 Å². The van der Waals surface area contributed by atoms with Crippen molar-refractivity contribution in [3.8, 4) is 0 Å². The van der Waals surface area contributed by atoms with E-state index in [-0.39, 0.29) is 6.42 Å². The molecule has 0 bridgehead atoms. The average Bonchev–Trinajstić information content (AvgIpc) is 3.02. The van der Waals surface area contributed by atoms with Crippen LogP contribution in [0.5, 0.6) is 0 Å². The van der Waals surface area contributed by atoms with Gasteiger partial charge in [0.2, 0.25) is 0 Å². The molecule has 0 aromatic heterocycles. The Morgan fingerprint density at radius 3 is 2.03 bits per heavy atom. The zero-order chi connectivity index (χ0) is 22.6. The van der Waals surface area contributed by atoms with Gasteiger partial charge >= 0.3 is 11.9 Å². The molecule has 1 heterocycles. The van der Waals surface area contributed by atoms with Crippen LogP contribution >= 0.6 is 0 Å². The highest BCUT2D eigenvalue weighted by Gasteiger charge is 2.22. The quantitative estimate of drug-likeness (QED) is 0.214. The highest BCUT2D eigenvalue weighted by Crippen LogP contribution is 2.11. The zero-order valence-corrected chi connectivity index (χ0v) is 20.0. The molecule has 6 heteroatoms. The van der Waals surface area contributed by atoms with E-state index in [2.05, 4.69) is 17.1 Å². The van der Waals surface area contributed by atoms with Crippen LogP contribution in [0.1, 0.15) is 110 Å². The summed E-state index contributed by atoms with van der Waals surface area (Å²) >= 11 is 0. The molecule has 1 rings (SSSR count). The Balaban J connectivity index is 2.09. The van der Waals surface area contributed by atoms with Crippen molar-refractivity contribution in [2.75, 3.05) is 32.8 Å². The Hall–Kier alpha value is -1.14. The number of carbonyl (C=O) groups is 2. The van der Waals surface area contributed by atoms with E-state index in [4.69, 9.17) is 9.84 Å². The summed E-state index contributed by atoms with van der Waals surface area (Å²) in [4.78, 5) is 25.9. The number of carboxylic acids is 1. The minimum absolute atomic E-state index is 0.222. The van der Waals surface area contributed by atoms with Gasteiger partial charge < -0.3 is 20.1 Å². The topological polar surface area (TPSA) is 78.9 Å². The van der Waals surface area contributed by atoms with E-state index in [0.29, 0.717) is 13.2 Å². The Kier molecular flexibility index (Phi) is 17.6. The predicted octanol–water partition coefficient (Wildman–Crippen LogP) is 5.15. The van der Waals surface area contributed by atoms with E-state index >= 15 is 0 Å². The summed E-state index contributed by atoms with van der Waals surface area (Å²) in [5.74, 6) is -1.39. The summed E-state index contributed by atoms with van der Waals surface area (Å²) < 4.78 is 5.37. The van der Waals surface area contributed by atoms with Gasteiger partial charge in [0.25, 0.3) is 0 Å². The maximum atomic E-state index is 12.3. The number of hydrogen-bond acceptors (Lipinski definition) is 5. The van der Waals surface area contributed by atoms with E-state index in [0.717, 1.165) is 38.9 Å². The number of nitrogens with zero attached hydrogens (tertiary/aromatic N) is 1. The molecule has 0 aromatic carbocycles. The molecule has 0 aliphatic carbocycles. The van der Waals surface area contributed by atoms with Gasteiger partial charge in [-0.05, 0) is 51.9 Å². The number of carbonyl (C=O) groups excluding carboxylic acids is 1. The van der Waals surface area contributed by atoms with Gasteiger partial charge in [-0.25, -0.2) is 0 Å². The van der Waals surface area contributed by atoms with Crippen LogP contribution in [0.2, 0.25) is 0 Å². The third kappa shape index (κ3) is 16.2. The van der Waals surface area contributed by atoms with Gasteiger partial charge in [0.15, 0.2) is 0 Å². The number of ether oxygens (including phenoxy) is 1. The minimum Gasteiger partial charge on any atom is -0.481 e. The van der Waals surface area contributed by atoms with Crippen LogP contribution in [0.3, 0.4) is 0 Å². The fraction of sp³-hybridized carbons (Fsp3) is 0.920. The molecule has 1 atom stereocenters. The second kappa shape index (κ2) is 19.5. The van der Waals surface area contributed by atoms with Gasteiger partial charge in [-0.2, -0.15) is 0 Å². The van der Waals surface area contributed by atoms with Gasteiger partial charge in [-0.15, -0.1) is 0 Å². The summed E-state index contributed by atoms with van der Waals surface area (Å²) in [5, 5.41) is 12.2. The maximum absolute atomic E-state index is 12.3. The van der Waals surface area contributed by atoms with Crippen LogP contribution in [0, 0.1) is 0 Å². The Morgan fingerprint density at radius 1 is 0.871 bits per heavy atom. The second-order valence-corrected chi connectivity index (χ2v) is 9.06. The zero-order valence-electron chi connectivity index (χ0n) is 20.0. The predicted molar refractivity (Wildman–Crippen MR) is 126 cm³/mol. The Labute approximate surface area is 190 Å². The van der Waals surface area contributed by atoms with Crippen LogP contribution in [0.25, 0.3) is 0 Å². The van der Waals surface area contributed by atoms with E-state index in [1.807, 2.05) is 0 Å². The van der Waals surface area contributed by atoms with Crippen molar-refractivity contribution in [1.82, 2.24) is 10.2 Å². The summed E-state index contributed by atoms with van der Waals surface area (Å²) in [5.41, 5.74) is 0. The molecule has 0 amide bonds. The fourth-order valence-electron chi connectivity index (χ4n) is 4.22. The van der Waals surface area contributed by atoms with Gasteiger partial charge in [0.1, 0.15) is 6.04 Å². The number of carboxylic acid groups (broad SMARTS) is 1. The molecule has 1 unspecified atom stereocenters. The normalized spacial score (nSPS) is 16.0. The van der Waals surface area contributed by atoms with Crippen molar-refractivity contribution in [1.29, 1.82) is 0 Å². The number of unbranched alkanes of at least 4 members (excludes halogenated alkanes) is 9.